The number of amides is 2. The number of rotatable bonds is 10. The van der Waals surface area contributed by atoms with Crippen LogP contribution in [-0.2, 0) is 27.2 Å². The number of carboxylic acids is 1. The van der Waals surface area contributed by atoms with Gasteiger partial charge in [-0.2, -0.15) is 0 Å². The van der Waals surface area contributed by atoms with Gasteiger partial charge in [0.15, 0.2) is 0 Å². The number of carbonyl (C=O) groups excluding carboxylic acids is 2. The number of fused-ring (bicyclic) bond motifs is 1. The number of ether oxygens (including phenoxy) is 2. The molecule has 1 aliphatic rings. The summed E-state index contributed by atoms with van der Waals surface area (Å²) < 4.78 is 11.5. The molecule has 0 saturated heterocycles. The number of carboxylic acid groups (broad SMARTS) is 1. The van der Waals surface area contributed by atoms with Crippen molar-refractivity contribution in [2.45, 2.75) is 71.6 Å². The Hall–Kier alpha value is -3.55. The van der Waals surface area contributed by atoms with Crippen LogP contribution in [0.2, 0.25) is 0 Å². The lowest BCUT2D eigenvalue weighted by Crippen LogP contribution is -2.57. The number of hydrogen-bond acceptors (Lipinski definition) is 5. The van der Waals surface area contributed by atoms with E-state index in [0.717, 1.165) is 16.9 Å². The molecule has 39 heavy (non-hydrogen) atoms. The molecule has 1 heterocycles. The smallest absolute Gasteiger partial charge is 0.410 e. The first kappa shape index (κ1) is 30.0. The average Bonchev–Trinajstić information content (AvgIpc) is 2.87. The second-order valence-electron chi connectivity index (χ2n) is 11.8. The van der Waals surface area contributed by atoms with E-state index < -0.39 is 35.7 Å². The lowest BCUT2D eigenvalue weighted by molar-refractivity contribution is -0.153. The molecule has 212 valence electrons. The van der Waals surface area contributed by atoms with E-state index in [-0.39, 0.29) is 24.8 Å². The van der Waals surface area contributed by atoms with Crippen LogP contribution in [0.4, 0.5) is 4.79 Å². The summed E-state index contributed by atoms with van der Waals surface area (Å²) in [5, 5.41) is 10.4. The van der Waals surface area contributed by atoms with E-state index >= 15 is 0 Å². The lowest BCUT2D eigenvalue weighted by atomic mass is 9.93. The number of para-hydroxylation sites is 1. The van der Waals surface area contributed by atoms with Crippen molar-refractivity contribution in [3.05, 3.63) is 65.7 Å². The Labute approximate surface area is 231 Å². The molecule has 3 atom stereocenters. The zero-order chi connectivity index (χ0) is 28.7. The van der Waals surface area contributed by atoms with E-state index in [1.807, 2.05) is 68.4 Å². The van der Waals surface area contributed by atoms with Gasteiger partial charge in [0.25, 0.3) is 0 Å². The molecular weight excluding hydrogens is 496 g/mol. The van der Waals surface area contributed by atoms with E-state index in [2.05, 4.69) is 0 Å². The normalized spacial score (nSPS) is 16.4. The van der Waals surface area contributed by atoms with E-state index in [4.69, 9.17) is 9.47 Å². The summed E-state index contributed by atoms with van der Waals surface area (Å²) in [4.78, 5) is 42.8. The van der Waals surface area contributed by atoms with Gasteiger partial charge in [-0.1, -0.05) is 62.4 Å². The summed E-state index contributed by atoms with van der Waals surface area (Å²) in [7, 11) is 1.55. The van der Waals surface area contributed by atoms with Crippen molar-refractivity contribution in [1.82, 2.24) is 9.80 Å². The molecule has 2 amide bonds. The third kappa shape index (κ3) is 8.47. The number of nitrogens with zero attached hydrogens (tertiary/aromatic N) is 2. The van der Waals surface area contributed by atoms with E-state index in [0.29, 0.717) is 19.4 Å². The Kier molecular flexibility index (Phi) is 10.0. The minimum Gasteiger partial charge on any atom is -0.493 e. The molecule has 0 saturated carbocycles. The first-order valence-corrected chi connectivity index (χ1v) is 13.6. The van der Waals surface area contributed by atoms with Gasteiger partial charge >= 0.3 is 12.1 Å². The molecule has 8 heteroatoms. The molecule has 8 nitrogen and oxygen atoms in total. The standard InChI is InChI=1S/C31H42N2O6/c1-21(2)16-25(32(6)30(37)39-31(3,4)5)28(34)33(26(29(35)36)18-22-12-8-7-9-13-22)19-23-17-24-14-10-11-15-27(24)38-20-23/h7-15,21,23,25-26H,16-20H2,1-6H3,(H,35,36). The number of hydrogen-bond donors (Lipinski definition) is 1. The Morgan fingerprint density at radius 2 is 1.67 bits per heavy atom. The lowest BCUT2D eigenvalue weighted by Gasteiger charge is -2.39. The van der Waals surface area contributed by atoms with Gasteiger partial charge in [-0.3, -0.25) is 9.69 Å². The zero-order valence-corrected chi connectivity index (χ0v) is 23.9. The SMILES string of the molecule is CC(C)CC(C(=O)N(CC1COc2ccccc2C1)C(Cc1ccccc1)C(=O)O)N(C)C(=O)OC(C)(C)C. The zero-order valence-electron chi connectivity index (χ0n) is 23.9. The van der Waals surface area contributed by atoms with Gasteiger partial charge in [-0.05, 0) is 56.7 Å². The van der Waals surface area contributed by atoms with E-state index in [1.165, 1.54) is 9.80 Å². The summed E-state index contributed by atoms with van der Waals surface area (Å²) in [6, 6.07) is 15.1. The van der Waals surface area contributed by atoms with E-state index in [9.17, 15) is 19.5 Å². The van der Waals surface area contributed by atoms with E-state index in [1.54, 1.807) is 27.8 Å². The molecule has 0 spiro atoms. The van der Waals surface area contributed by atoms with Crippen molar-refractivity contribution in [2.75, 3.05) is 20.2 Å². The molecule has 3 unspecified atom stereocenters. The molecule has 3 rings (SSSR count). The minimum atomic E-state index is -1.11. The predicted molar refractivity (Wildman–Crippen MR) is 150 cm³/mol. The van der Waals surface area contributed by atoms with Gasteiger partial charge in [0.05, 0.1) is 6.61 Å². The largest absolute Gasteiger partial charge is 0.493 e. The van der Waals surface area contributed by atoms with Crippen molar-refractivity contribution >= 4 is 18.0 Å². The quantitative estimate of drug-likeness (QED) is 0.455. The van der Waals surface area contributed by atoms with Crippen LogP contribution in [0, 0.1) is 11.8 Å². The highest BCUT2D eigenvalue weighted by Gasteiger charge is 2.40. The Bertz CT molecular complexity index is 1130. The fourth-order valence-electron chi connectivity index (χ4n) is 4.85. The second-order valence-corrected chi connectivity index (χ2v) is 11.8. The molecule has 1 N–H and O–H groups in total. The number of likely N-dealkylation sites (N-methyl/N-ethyl adjacent to an activating group) is 1. The highest BCUT2D eigenvalue weighted by Crippen LogP contribution is 2.29. The van der Waals surface area contributed by atoms with Gasteiger partial charge in [0.2, 0.25) is 5.91 Å². The van der Waals surface area contributed by atoms with Gasteiger partial charge in [0, 0.05) is 25.9 Å². The number of benzene rings is 2. The van der Waals surface area contributed by atoms with Crippen LogP contribution < -0.4 is 4.74 Å². The van der Waals surface area contributed by atoms with Gasteiger partial charge in [-0.15, -0.1) is 0 Å². The topological polar surface area (TPSA) is 96.4 Å². The van der Waals surface area contributed by atoms with Crippen molar-refractivity contribution in [2.24, 2.45) is 11.8 Å². The fraction of sp³-hybridized carbons (Fsp3) is 0.516. The van der Waals surface area contributed by atoms with Gasteiger partial charge in [-0.25, -0.2) is 9.59 Å². The first-order chi connectivity index (χ1) is 18.4. The summed E-state index contributed by atoms with van der Waals surface area (Å²) in [5.41, 5.74) is 1.11. The van der Waals surface area contributed by atoms with Crippen LogP contribution in [0.15, 0.2) is 54.6 Å². The molecule has 2 aromatic rings. The van der Waals surface area contributed by atoms with Crippen molar-refractivity contribution < 1.29 is 29.0 Å². The highest BCUT2D eigenvalue weighted by molar-refractivity contribution is 5.89. The first-order valence-electron chi connectivity index (χ1n) is 13.6. The molecule has 0 bridgehead atoms. The van der Waals surface area contributed by atoms with Crippen molar-refractivity contribution in [3.8, 4) is 5.75 Å². The maximum absolute atomic E-state index is 14.3. The monoisotopic (exact) mass is 538 g/mol. The van der Waals surface area contributed by atoms with Crippen LogP contribution in [0.25, 0.3) is 0 Å². The number of carbonyl (C=O) groups is 3. The minimum absolute atomic E-state index is 0.0768. The molecule has 0 fully saturated rings. The predicted octanol–water partition coefficient (Wildman–Crippen LogP) is 5.04. The van der Waals surface area contributed by atoms with Crippen molar-refractivity contribution in [1.29, 1.82) is 0 Å². The molecule has 2 aromatic carbocycles. The van der Waals surface area contributed by atoms with Crippen LogP contribution in [-0.4, -0.2) is 70.8 Å². The highest BCUT2D eigenvalue weighted by atomic mass is 16.6. The maximum atomic E-state index is 14.3. The van der Waals surface area contributed by atoms with Crippen LogP contribution in [0.5, 0.6) is 5.75 Å². The van der Waals surface area contributed by atoms with Crippen LogP contribution in [0.3, 0.4) is 0 Å². The molecule has 0 radical (unpaired) electrons. The third-order valence-corrected chi connectivity index (χ3v) is 6.76. The number of aliphatic carboxylic acids is 1. The molecule has 0 aliphatic carbocycles. The summed E-state index contributed by atoms with van der Waals surface area (Å²) in [5.74, 6) is -0.708. The fourth-order valence-corrected chi connectivity index (χ4v) is 4.85. The summed E-state index contributed by atoms with van der Waals surface area (Å²) >= 11 is 0. The maximum Gasteiger partial charge on any atom is 0.410 e. The van der Waals surface area contributed by atoms with Crippen LogP contribution >= 0.6 is 0 Å². The van der Waals surface area contributed by atoms with Gasteiger partial charge < -0.3 is 19.5 Å². The average molecular weight is 539 g/mol. The Morgan fingerprint density at radius 3 is 2.28 bits per heavy atom. The molecule has 1 aliphatic heterocycles. The third-order valence-electron chi connectivity index (χ3n) is 6.76. The Balaban J connectivity index is 1.96. The second kappa shape index (κ2) is 13.0. The molecular formula is C31H42N2O6. The van der Waals surface area contributed by atoms with Gasteiger partial charge in [0.1, 0.15) is 23.4 Å². The summed E-state index contributed by atoms with van der Waals surface area (Å²) in [6.45, 7) is 9.81. The van der Waals surface area contributed by atoms with Crippen LogP contribution in [0.1, 0.15) is 52.2 Å². The van der Waals surface area contributed by atoms with Crippen molar-refractivity contribution in [3.63, 3.8) is 0 Å². The Morgan fingerprint density at radius 1 is 1.03 bits per heavy atom. The molecule has 0 aromatic heterocycles. The summed E-state index contributed by atoms with van der Waals surface area (Å²) in [6.07, 6.45) is 0.559.